The van der Waals surface area contributed by atoms with E-state index in [2.05, 4.69) is 37.5 Å². The number of nitrogens with one attached hydrogen (secondary N) is 1. The first kappa shape index (κ1) is 19.2. The Morgan fingerprint density at radius 3 is 1.31 bits per heavy atom. The molecule has 0 spiro atoms. The number of hydrogen-bond donors (Lipinski definition) is 3. The van der Waals surface area contributed by atoms with Crippen molar-refractivity contribution in [3.63, 3.8) is 0 Å². The number of rotatable bonds is 3. The molecule has 0 fully saturated rings. The Morgan fingerprint density at radius 2 is 1.31 bits per heavy atom. The monoisotopic (exact) mass is 233 g/mol. The lowest BCUT2D eigenvalue weighted by Crippen LogP contribution is -2.29. The molecule has 0 rings (SSSR count). The van der Waals surface area contributed by atoms with Gasteiger partial charge in [-0.2, -0.15) is 0 Å². The third-order valence-electron chi connectivity index (χ3n) is 0.830. The van der Waals surface area contributed by atoms with Crippen LogP contribution in [0.5, 0.6) is 0 Å². The summed E-state index contributed by atoms with van der Waals surface area (Å²) in [5.74, 6) is 0. The molecule has 0 aliphatic heterocycles. The molecule has 0 aliphatic carbocycles. The highest BCUT2D eigenvalue weighted by Crippen LogP contribution is 2.20. The van der Waals surface area contributed by atoms with Crippen molar-refractivity contribution in [1.29, 1.82) is 0 Å². The molecule has 0 amide bonds. The van der Waals surface area contributed by atoms with E-state index in [9.17, 15) is 0 Å². The summed E-state index contributed by atoms with van der Waals surface area (Å²) in [6.45, 7) is 8.61. The molecule has 0 atom stereocenters. The lowest BCUT2D eigenvalue weighted by molar-refractivity contribution is 0.310. The summed E-state index contributed by atoms with van der Waals surface area (Å²) >= 11 is 0. The van der Waals surface area contributed by atoms with Crippen LogP contribution in [-0.2, 0) is 4.52 Å². The van der Waals surface area contributed by atoms with Gasteiger partial charge in [-0.3, -0.25) is 0 Å². The summed E-state index contributed by atoms with van der Waals surface area (Å²) in [6.07, 6.45) is 0. The summed E-state index contributed by atoms with van der Waals surface area (Å²) in [7, 11) is -0.870. The minimum absolute atomic E-state index is 0. The third-order valence-corrected chi connectivity index (χ3v) is 1.16. The molecule has 4 nitrogen and oxygen atoms in total. The first-order chi connectivity index (χ1) is 5.40. The van der Waals surface area contributed by atoms with Crippen LogP contribution in [-0.4, -0.2) is 29.0 Å². The molecule has 3 N–H and O–H groups in total. The minimum atomic E-state index is -2.10. The van der Waals surface area contributed by atoms with E-state index >= 15 is 0 Å². The van der Waals surface area contributed by atoms with Gasteiger partial charge in [0.1, 0.15) is 0 Å². The van der Waals surface area contributed by atoms with E-state index in [0.29, 0.717) is 12.1 Å². The van der Waals surface area contributed by atoms with Crippen LogP contribution in [0.3, 0.4) is 0 Å². The first-order valence-corrected chi connectivity index (χ1v) is 5.04. The van der Waals surface area contributed by atoms with Crippen LogP contribution in [0.1, 0.15) is 27.7 Å². The molecule has 0 unspecified atom stereocenters. The van der Waals surface area contributed by atoms with Crippen molar-refractivity contribution in [1.82, 2.24) is 5.32 Å². The standard InChI is InChI=1S/C6H15N.CH5O3P.ClH/c1-5(2)7-6(3)4;1-4-5(2)3;/h5-7H,1-4H3;2-3H,1H3;1H. The summed E-state index contributed by atoms with van der Waals surface area (Å²) in [4.78, 5) is 15.5. The van der Waals surface area contributed by atoms with E-state index in [1.165, 1.54) is 7.11 Å². The van der Waals surface area contributed by atoms with Crippen LogP contribution in [0.25, 0.3) is 0 Å². The lowest BCUT2D eigenvalue weighted by Gasteiger charge is -2.10. The second kappa shape index (κ2) is 12.6. The Bertz CT molecular complexity index is 87.8. The normalized spacial score (nSPS) is 9.69. The zero-order chi connectivity index (χ0) is 10.1. The second-order valence-corrected chi connectivity index (χ2v) is 3.78. The highest BCUT2D eigenvalue weighted by atomic mass is 35.5. The Balaban J connectivity index is -0.000000150. The summed E-state index contributed by atoms with van der Waals surface area (Å²) < 4.78 is 3.93. The number of hydrogen-bond acceptors (Lipinski definition) is 4. The molecular weight excluding hydrogens is 213 g/mol. The van der Waals surface area contributed by atoms with Gasteiger partial charge in [-0.1, -0.05) is 27.7 Å². The van der Waals surface area contributed by atoms with Crippen LogP contribution in [0.2, 0.25) is 0 Å². The van der Waals surface area contributed by atoms with Gasteiger partial charge in [0.25, 0.3) is 0 Å². The van der Waals surface area contributed by atoms with Gasteiger partial charge in [-0.05, 0) is 0 Å². The van der Waals surface area contributed by atoms with Gasteiger partial charge in [0.15, 0.2) is 0 Å². The Labute approximate surface area is 88.1 Å². The molecule has 0 aromatic rings. The van der Waals surface area contributed by atoms with E-state index in [1.54, 1.807) is 0 Å². The maximum Gasteiger partial charge on any atom is 0.326 e. The quantitative estimate of drug-likeness (QED) is 0.649. The Kier molecular flexibility index (Phi) is 18.5. The lowest BCUT2D eigenvalue weighted by atomic mass is 10.3. The van der Waals surface area contributed by atoms with Crippen LogP contribution < -0.4 is 5.32 Å². The molecule has 0 aliphatic rings. The molecule has 0 radical (unpaired) electrons. The average Bonchev–Trinajstić information content (AvgIpc) is 1.85. The molecule has 13 heavy (non-hydrogen) atoms. The maximum absolute atomic E-state index is 7.76. The van der Waals surface area contributed by atoms with Crippen LogP contribution >= 0.6 is 21.0 Å². The summed E-state index contributed by atoms with van der Waals surface area (Å²) in [5.41, 5.74) is 0. The molecule has 6 heteroatoms. The van der Waals surface area contributed by atoms with Crippen LogP contribution in [0.15, 0.2) is 0 Å². The van der Waals surface area contributed by atoms with Crippen molar-refractivity contribution in [3.05, 3.63) is 0 Å². The molecule has 84 valence electrons. The van der Waals surface area contributed by atoms with Crippen molar-refractivity contribution >= 4 is 21.0 Å². The second-order valence-electron chi connectivity index (χ2n) is 2.91. The maximum atomic E-state index is 7.76. The van der Waals surface area contributed by atoms with E-state index in [0.717, 1.165) is 0 Å². The smallest absolute Gasteiger partial charge is 0.326 e. The van der Waals surface area contributed by atoms with Crippen molar-refractivity contribution in [3.8, 4) is 0 Å². The van der Waals surface area contributed by atoms with E-state index in [4.69, 9.17) is 9.79 Å². The SMILES string of the molecule is CC(C)NC(C)C.COP(O)O.Cl. The predicted octanol–water partition coefficient (Wildman–Crippen LogP) is 1.66. The fraction of sp³-hybridized carbons (Fsp3) is 1.00. The van der Waals surface area contributed by atoms with Gasteiger partial charge in [0, 0.05) is 19.2 Å². The van der Waals surface area contributed by atoms with Crippen LogP contribution in [0, 0.1) is 0 Å². The number of halogens is 1. The molecule has 0 heterocycles. The van der Waals surface area contributed by atoms with Gasteiger partial charge >= 0.3 is 8.60 Å². The van der Waals surface area contributed by atoms with E-state index in [1.807, 2.05) is 0 Å². The third kappa shape index (κ3) is 32.5. The van der Waals surface area contributed by atoms with Gasteiger partial charge in [0.2, 0.25) is 0 Å². The largest absolute Gasteiger partial charge is 0.328 e. The predicted molar refractivity (Wildman–Crippen MR) is 59.0 cm³/mol. The summed E-state index contributed by atoms with van der Waals surface area (Å²) in [6, 6.07) is 1.25. The molecule has 0 saturated carbocycles. The average molecular weight is 234 g/mol. The molecule has 0 aromatic heterocycles. The van der Waals surface area contributed by atoms with Gasteiger partial charge in [-0.15, -0.1) is 12.4 Å². The first-order valence-electron chi connectivity index (χ1n) is 3.88. The fourth-order valence-electron chi connectivity index (χ4n) is 0.667. The van der Waals surface area contributed by atoms with Crippen molar-refractivity contribution < 1.29 is 14.3 Å². The van der Waals surface area contributed by atoms with Crippen molar-refractivity contribution in [2.45, 2.75) is 39.8 Å². The molecule has 0 saturated heterocycles. The fourth-order valence-corrected chi connectivity index (χ4v) is 0.667. The zero-order valence-electron chi connectivity index (χ0n) is 8.81. The van der Waals surface area contributed by atoms with Crippen molar-refractivity contribution in [2.75, 3.05) is 7.11 Å². The Hall–Kier alpha value is 0.560. The zero-order valence-corrected chi connectivity index (χ0v) is 10.5. The van der Waals surface area contributed by atoms with Gasteiger partial charge in [-0.25, -0.2) is 0 Å². The molecule has 0 bridgehead atoms. The van der Waals surface area contributed by atoms with Gasteiger partial charge < -0.3 is 19.6 Å². The van der Waals surface area contributed by atoms with Crippen LogP contribution in [0.4, 0.5) is 0 Å². The summed E-state index contributed by atoms with van der Waals surface area (Å²) in [5, 5.41) is 3.31. The van der Waals surface area contributed by atoms with Crippen molar-refractivity contribution in [2.24, 2.45) is 0 Å². The highest BCUT2D eigenvalue weighted by molar-refractivity contribution is 7.39. The van der Waals surface area contributed by atoms with Gasteiger partial charge in [0.05, 0.1) is 0 Å². The molecule has 0 aromatic carbocycles. The highest BCUT2D eigenvalue weighted by Gasteiger charge is 1.92. The van der Waals surface area contributed by atoms with E-state index in [-0.39, 0.29) is 12.4 Å². The Morgan fingerprint density at radius 1 is 1.08 bits per heavy atom. The van der Waals surface area contributed by atoms with E-state index < -0.39 is 8.60 Å². The topological polar surface area (TPSA) is 61.7 Å². The molecular formula is C7H21ClNO3P. The minimum Gasteiger partial charge on any atom is -0.328 e.